The fourth-order valence-electron chi connectivity index (χ4n) is 3.35. The van der Waals surface area contributed by atoms with Crippen LogP contribution in [0.5, 0.6) is 0 Å². The fraction of sp³-hybridized carbons (Fsp3) is 0.625. The Morgan fingerprint density at radius 2 is 1.94 bits per heavy atom. The second-order valence-corrected chi connectivity index (χ2v) is 5.79. The standard InChI is InChI=1S/C16H23NO/c1-2-6-14(7-3-1)8-9-15-12-17-13-16(18-15)10-4-5-11-16/h1-3,6-7,15,17H,4-5,8-13H2. The van der Waals surface area contributed by atoms with Gasteiger partial charge in [0.2, 0.25) is 0 Å². The van der Waals surface area contributed by atoms with E-state index in [0.717, 1.165) is 25.9 Å². The predicted octanol–water partition coefficient (Wildman–Crippen LogP) is 2.92. The average Bonchev–Trinajstić information content (AvgIpc) is 2.86. The minimum Gasteiger partial charge on any atom is -0.369 e. The lowest BCUT2D eigenvalue weighted by Crippen LogP contribution is -2.52. The van der Waals surface area contributed by atoms with Gasteiger partial charge in [-0.25, -0.2) is 0 Å². The second kappa shape index (κ2) is 5.41. The zero-order valence-electron chi connectivity index (χ0n) is 11.0. The van der Waals surface area contributed by atoms with Gasteiger partial charge in [0.15, 0.2) is 0 Å². The first-order valence-corrected chi connectivity index (χ1v) is 7.29. The molecule has 1 N–H and O–H groups in total. The Bertz CT molecular complexity index is 370. The van der Waals surface area contributed by atoms with E-state index in [9.17, 15) is 0 Å². The quantitative estimate of drug-likeness (QED) is 0.884. The first-order chi connectivity index (χ1) is 8.86. The van der Waals surface area contributed by atoms with Crippen LogP contribution in [0.25, 0.3) is 0 Å². The van der Waals surface area contributed by atoms with E-state index < -0.39 is 0 Å². The van der Waals surface area contributed by atoms with Crippen LogP contribution >= 0.6 is 0 Å². The van der Waals surface area contributed by atoms with Gasteiger partial charge in [-0.1, -0.05) is 43.2 Å². The smallest absolute Gasteiger partial charge is 0.0810 e. The van der Waals surface area contributed by atoms with E-state index in [1.807, 2.05) is 0 Å². The highest BCUT2D eigenvalue weighted by atomic mass is 16.5. The number of ether oxygens (including phenoxy) is 1. The SMILES string of the molecule is c1ccc(CCC2CNCC3(CCCC3)O2)cc1. The van der Waals surface area contributed by atoms with Crippen molar-refractivity contribution in [3.8, 4) is 0 Å². The summed E-state index contributed by atoms with van der Waals surface area (Å²) in [6.07, 6.45) is 7.85. The maximum absolute atomic E-state index is 6.39. The maximum Gasteiger partial charge on any atom is 0.0810 e. The van der Waals surface area contributed by atoms with E-state index in [1.165, 1.54) is 31.2 Å². The molecule has 1 aliphatic carbocycles. The molecular formula is C16H23NO. The molecule has 0 radical (unpaired) electrons. The third kappa shape index (κ3) is 2.76. The molecule has 1 heterocycles. The molecule has 18 heavy (non-hydrogen) atoms. The molecule has 0 bridgehead atoms. The van der Waals surface area contributed by atoms with Gasteiger partial charge in [0.05, 0.1) is 11.7 Å². The number of benzene rings is 1. The van der Waals surface area contributed by atoms with Gasteiger partial charge in [-0.15, -0.1) is 0 Å². The van der Waals surface area contributed by atoms with Crippen molar-refractivity contribution in [3.05, 3.63) is 35.9 Å². The summed E-state index contributed by atoms with van der Waals surface area (Å²) >= 11 is 0. The molecule has 0 aromatic heterocycles. The average molecular weight is 245 g/mol. The molecular weight excluding hydrogens is 222 g/mol. The molecule has 1 aromatic rings. The summed E-state index contributed by atoms with van der Waals surface area (Å²) in [4.78, 5) is 0. The number of hydrogen-bond donors (Lipinski definition) is 1. The highest BCUT2D eigenvalue weighted by Crippen LogP contribution is 2.35. The molecule has 98 valence electrons. The van der Waals surface area contributed by atoms with Crippen LogP contribution in [-0.4, -0.2) is 24.8 Å². The molecule has 3 rings (SSSR count). The van der Waals surface area contributed by atoms with Crippen molar-refractivity contribution in [3.63, 3.8) is 0 Å². The van der Waals surface area contributed by atoms with Crippen LogP contribution in [0.15, 0.2) is 30.3 Å². The van der Waals surface area contributed by atoms with Gasteiger partial charge >= 0.3 is 0 Å². The van der Waals surface area contributed by atoms with Gasteiger partial charge in [-0.05, 0) is 31.2 Å². The van der Waals surface area contributed by atoms with Crippen LogP contribution in [0.4, 0.5) is 0 Å². The van der Waals surface area contributed by atoms with Crippen LogP contribution in [-0.2, 0) is 11.2 Å². The number of rotatable bonds is 3. The molecule has 2 aliphatic rings. The van der Waals surface area contributed by atoms with E-state index >= 15 is 0 Å². The van der Waals surface area contributed by atoms with Crippen LogP contribution in [0.1, 0.15) is 37.7 Å². The van der Waals surface area contributed by atoms with Gasteiger partial charge in [0.25, 0.3) is 0 Å². The summed E-state index contributed by atoms with van der Waals surface area (Å²) in [5, 5.41) is 3.58. The Morgan fingerprint density at radius 3 is 2.72 bits per heavy atom. The Labute approximate surface area is 110 Å². The van der Waals surface area contributed by atoms with Crippen molar-refractivity contribution in [2.24, 2.45) is 0 Å². The van der Waals surface area contributed by atoms with Crippen molar-refractivity contribution in [1.82, 2.24) is 5.32 Å². The van der Waals surface area contributed by atoms with E-state index in [1.54, 1.807) is 0 Å². The van der Waals surface area contributed by atoms with Crippen molar-refractivity contribution in [2.45, 2.75) is 50.2 Å². The molecule has 1 atom stereocenters. The van der Waals surface area contributed by atoms with Crippen molar-refractivity contribution >= 4 is 0 Å². The van der Waals surface area contributed by atoms with Crippen molar-refractivity contribution < 1.29 is 4.74 Å². The van der Waals surface area contributed by atoms with Gasteiger partial charge in [0.1, 0.15) is 0 Å². The summed E-state index contributed by atoms with van der Waals surface area (Å²) in [6.45, 7) is 2.09. The molecule has 2 fully saturated rings. The fourth-order valence-corrected chi connectivity index (χ4v) is 3.35. The van der Waals surface area contributed by atoms with Crippen LogP contribution in [0.2, 0.25) is 0 Å². The molecule has 1 spiro atoms. The van der Waals surface area contributed by atoms with Crippen LogP contribution < -0.4 is 5.32 Å². The summed E-state index contributed by atoms with van der Waals surface area (Å²) in [5.74, 6) is 0. The van der Waals surface area contributed by atoms with Crippen molar-refractivity contribution in [1.29, 1.82) is 0 Å². The summed E-state index contributed by atoms with van der Waals surface area (Å²) < 4.78 is 6.39. The van der Waals surface area contributed by atoms with Gasteiger partial charge < -0.3 is 10.1 Å². The Morgan fingerprint density at radius 1 is 1.17 bits per heavy atom. The molecule has 2 nitrogen and oxygen atoms in total. The topological polar surface area (TPSA) is 21.3 Å². The Kier molecular flexibility index (Phi) is 3.67. The van der Waals surface area contributed by atoms with Crippen molar-refractivity contribution in [2.75, 3.05) is 13.1 Å². The maximum atomic E-state index is 6.39. The third-order valence-electron chi connectivity index (χ3n) is 4.35. The first kappa shape index (κ1) is 12.2. The van der Waals surface area contributed by atoms with E-state index in [0.29, 0.717) is 6.10 Å². The first-order valence-electron chi connectivity index (χ1n) is 7.29. The molecule has 1 aliphatic heterocycles. The van der Waals surface area contributed by atoms with Crippen LogP contribution in [0, 0.1) is 0 Å². The molecule has 0 amide bonds. The summed E-state index contributed by atoms with van der Waals surface area (Å²) in [7, 11) is 0. The van der Waals surface area contributed by atoms with E-state index in [4.69, 9.17) is 4.74 Å². The summed E-state index contributed by atoms with van der Waals surface area (Å²) in [6, 6.07) is 10.7. The summed E-state index contributed by atoms with van der Waals surface area (Å²) in [5.41, 5.74) is 1.60. The second-order valence-electron chi connectivity index (χ2n) is 5.79. The largest absolute Gasteiger partial charge is 0.369 e. The van der Waals surface area contributed by atoms with E-state index in [-0.39, 0.29) is 5.60 Å². The Hall–Kier alpha value is -0.860. The van der Waals surface area contributed by atoms with E-state index in [2.05, 4.69) is 35.6 Å². The predicted molar refractivity (Wildman–Crippen MR) is 73.7 cm³/mol. The highest BCUT2D eigenvalue weighted by Gasteiger charge is 2.39. The molecule has 1 aromatic carbocycles. The highest BCUT2D eigenvalue weighted by molar-refractivity contribution is 5.14. The normalized spacial score (nSPS) is 26.6. The lowest BCUT2D eigenvalue weighted by Gasteiger charge is -2.39. The third-order valence-corrected chi connectivity index (χ3v) is 4.35. The zero-order valence-corrected chi connectivity index (χ0v) is 11.0. The van der Waals surface area contributed by atoms with Gasteiger partial charge in [0, 0.05) is 13.1 Å². The monoisotopic (exact) mass is 245 g/mol. The lowest BCUT2D eigenvalue weighted by molar-refractivity contribution is -0.114. The lowest BCUT2D eigenvalue weighted by atomic mass is 9.98. The zero-order chi connectivity index (χ0) is 12.3. The van der Waals surface area contributed by atoms with Gasteiger partial charge in [-0.2, -0.15) is 0 Å². The number of hydrogen-bond acceptors (Lipinski definition) is 2. The molecule has 2 heteroatoms. The number of aryl methyl sites for hydroxylation is 1. The molecule has 1 unspecified atom stereocenters. The van der Waals surface area contributed by atoms with Gasteiger partial charge in [-0.3, -0.25) is 0 Å². The molecule has 1 saturated heterocycles. The molecule has 1 saturated carbocycles. The minimum atomic E-state index is 0.180. The number of morpholine rings is 1. The minimum absolute atomic E-state index is 0.180. The van der Waals surface area contributed by atoms with Crippen LogP contribution in [0.3, 0.4) is 0 Å². The Balaban J connectivity index is 1.54. The number of nitrogens with one attached hydrogen (secondary N) is 1.